The van der Waals surface area contributed by atoms with E-state index in [9.17, 15) is 23.1 Å². The molecular formula is C14H19F3N2O2. The molecule has 0 aromatic carbocycles. The van der Waals surface area contributed by atoms with Gasteiger partial charge in [0.1, 0.15) is 5.69 Å². The number of hydrogen-bond donors (Lipinski definition) is 1. The van der Waals surface area contributed by atoms with E-state index >= 15 is 0 Å². The van der Waals surface area contributed by atoms with E-state index in [2.05, 4.69) is 4.98 Å². The molecule has 4 nitrogen and oxygen atoms in total. The molecule has 21 heavy (non-hydrogen) atoms. The van der Waals surface area contributed by atoms with Gasteiger partial charge in [0.25, 0.3) is 5.91 Å². The van der Waals surface area contributed by atoms with E-state index in [0.29, 0.717) is 6.07 Å². The minimum atomic E-state index is -4.61. The van der Waals surface area contributed by atoms with Crippen LogP contribution in [0.2, 0.25) is 0 Å². The Morgan fingerprint density at radius 2 is 1.81 bits per heavy atom. The molecule has 0 fully saturated rings. The lowest BCUT2D eigenvalue weighted by molar-refractivity contribution is -0.141. The highest BCUT2D eigenvalue weighted by Gasteiger charge is 2.34. The van der Waals surface area contributed by atoms with Crippen LogP contribution < -0.4 is 0 Å². The number of carbonyl (C=O) groups excluding carboxylic acids is 1. The Bertz CT molecular complexity index is 505. The smallest absolute Gasteiger partial charge is 0.392 e. The fourth-order valence-electron chi connectivity index (χ4n) is 2.18. The minimum Gasteiger partial charge on any atom is -0.392 e. The fourth-order valence-corrected chi connectivity index (χ4v) is 2.18. The summed E-state index contributed by atoms with van der Waals surface area (Å²) in [5.41, 5.74) is -1.20. The van der Waals surface area contributed by atoms with Gasteiger partial charge in [-0.3, -0.25) is 9.78 Å². The summed E-state index contributed by atoms with van der Waals surface area (Å²) >= 11 is 0. The molecule has 0 bridgehead atoms. The zero-order valence-corrected chi connectivity index (χ0v) is 12.4. The van der Waals surface area contributed by atoms with Crippen LogP contribution in [0.1, 0.15) is 49.3 Å². The van der Waals surface area contributed by atoms with Crippen LogP contribution >= 0.6 is 0 Å². The number of halogens is 3. The normalized spacial score (nSPS) is 12.1. The van der Waals surface area contributed by atoms with Crippen LogP contribution in [0.25, 0.3) is 0 Å². The van der Waals surface area contributed by atoms with Crippen LogP contribution in [-0.2, 0) is 12.8 Å². The Hall–Kier alpha value is -1.63. The number of hydrogen-bond acceptors (Lipinski definition) is 3. The first-order valence-electron chi connectivity index (χ1n) is 6.59. The third-order valence-corrected chi connectivity index (χ3v) is 3.03. The Morgan fingerprint density at radius 3 is 2.19 bits per heavy atom. The monoisotopic (exact) mass is 304 g/mol. The van der Waals surface area contributed by atoms with Gasteiger partial charge in [-0.15, -0.1) is 0 Å². The molecule has 0 atom stereocenters. The maximum atomic E-state index is 12.6. The standard InChI is InChI=1S/C14H19F3N2O2/c1-8(2)19(9(3)4)13(21)11-6-18-12(14(15,16)17)5-10(11)7-20/h5-6,8-9,20H,7H2,1-4H3. The Balaban J connectivity index is 3.27. The highest BCUT2D eigenvalue weighted by Crippen LogP contribution is 2.29. The van der Waals surface area contributed by atoms with E-state index in [-0.39, 0.29) is 23.2 Å². The Kier molecular flexibility index (Phi) is 5.33. The predicted octanol–water partition coefficient (Wildman–Crippen LogP) is 2.85. The summed E-state index contributed by atoms with van der Waals surface area (Å²) in [5.74, 6) is -0.440. The number of aromatic nitrogens is 1. The molecule has 7 heteroatoms. The topological polar surface area (TPSA) is 53.4 Å². The molecule has 0 saturated carbocycles. The molecule has 0 saturated heterocycles. The van der Waals surface area contributed by atoms with E-state index in [1.54, 1.807) is 0 Å². The number of nitrogens with zero attached hydrogens (tertiary/aromatic N) is 2. The van der Waals surface area contributed by atoms with Crippen LogP contribution in [0.3, 0.4) is 0 Å². The summed E-state index contributed by atoms with van der Waals surface area (Å²) in [7, 11) is 0. The largest absolute Gasteiger partial charge is 0.433 e. The molecule has 1 heterocycles. The van der Waals surface area contributed by atoms with Crippen molar-refractivity contribution >= 4 is 5.91 Å². The van der Waals surface area contributed by atoms with Gasteiger partial charge >= 0.3 is 6.18 Å². The lowest BCUT2D eigenvalue weighted by Crippen LogP contribution is -2.42. The van der Waals surface area contributed by atoms with Gasteiger partial charge in [0.05, 0.1) is 12.2 Å². The second kappa shape index (κ2) is 6.43. The predicted molar refractivity (Wildman–Crippen MR) is 71.6 cm³/mol. The van der Waals surface area contributed by atoms with E-state index in [0.717, 1.165) is 6.20 Å². The summed E-state index contributed by atoms with van der Waals surface area (Å²) in [5, 5.41) is 9.25. The van der Waals surface area contributed by atoms with E-state index < -0.39 is 24.4 Å². The van der Waals surface area contributed by atoms with Crippen LogP contribution in [0, 0.1) is 0 Å². The number of aliphatic hydroxyl groups is 1. The number of aliphatic hydroxyl groups excluding tert-OH is 1. The number of pyridine rings is 1. The van der Waals surface area contributed by atoms with Gasteiger partial charge in [0.15, 0.2) is 0 Å². The van der Waals surface area contributed by atoms with Gasteiger partial charge in [0.2, 0.25) is 0 Å². The average Bonchev–Trinajstić information content (AvgIpc) is 2.35. The molecule has 0 aliphatic heterocycles. The van der Waals surface area contributed by atoms with Crippen LogP contribution in [0.4, 0.5) is 13.2 Å². The molecule has 1 aromatic heterocycles. The maximum Gasteiger partial charge on any atom is 0.433 e. The van der Waals surface area contributed by atoms with Crippen molar-refractivity contribution in [3.8, 4) is 0 Å². The van der Waals surface area contributed by atoms with Crippen molar-refractivity contribution in [2.75, 3.05) is 0 Å². The minimum absolute atomic E-state index is 0.00657. The summed E-state index contributed by atoms with van der Waals surface area (Å²) in [4.78, 5) is 17.3. The first-order chi connectivity index (χ1) is 9.59. The summed E-state index contributed by atoms with van der Waals surface area (Å²) in [6.07, 6.45) is -3.73. The maximum absolute atomic E-state index is 12.6. The summed E-state index contributed by atoms with van der Waals surface area (Å²) < 4.78 is 37.8. The molecule has 0 aliphatic carbocycles. The molecule has 1 N–H and O–H groups in total. The number of alkyl halides is 3. The first-order valence-corrected chi connectivity index (χ1v) is 6.59. The molecule has 1 aromatic rings. The molecule has 118 valence electrons. The summed E-state index contributed by atoms with van der Waals surface area (Å²) in [6.45, 7) is 6.60. The van der Waals surface area contributed by atoms with E-state index in [1.165, 1.54) is 4.90 Å². The Labute approximate surface area is 121 Å². The molecule has 0 aliphatic rings. The lowest BCUT2D eigenvalue weighted by atomic mass is 10.1. The van der Waals surface area contributed by atoms with Crippen molar-refractivity contribution in [1.82, 2.24) is 9.88 Å². The lowest BCUT2D eigenvalue weighted by Gasteiger charge is -2.31. The summed E-state index contributed by atoms with van der Waals surface area (Å²) in [6, 6.07) is 0.476. The quantitative estimate of drug-likeness (QED) is 0.930. The third-order valence-electron chi connectivity index (χ3n) is 3.03. The second-order valence-corrected chi connectivity index (χ2v) is 5.28. The van der Waals surface area contributed by atoms with Gasteiger partial charge in [-0.25, -0.2) is 0 Å². The van der Waals surface area contributed by atoms with Gasteiger partial charge in [-0.1, -0.05) is 0 Å². The van der Waals surface area contributed by atoms with Gasteiger partial charge < -0.3 is 10.0 Å². The molecular weight excluding hydrogens is 285 g/mol. The van der Waals surface area contributed by atoms with Crippen molar-refractivity contribution in [1.29, 1.82) is 0 Å². The van der Waals surface area contributed by atoms with Gasteiger partial charge in [0, 0.05) is 18.3 Å². The van der Waals surface area contributed by atoms with Crippen molar-refractivity contribution < 1.29 is 23.1 Å². The van der Waals surface area contributed by atoms with Crippen molar-refractivity contribution in [2.45, 2.75) is 52.6 Å². The van der Waals surface area contributed by atoms with Crippen molar-refractivity contribution in [3.05, 3.63) is 29.1 Å². The fraction of sp³-hybridized carbons (Fsp3) is 0.571. The number of amides is 1. The van der Waals surface area contributed by atoms with Crippen molar-refractivity contribution in [3.63, 3.8) is 0 Å². The van der Waals surface area contributed by atoms with Crippen LogP contribution in [-0.4, -0.2) is 33.0 Å². The molecule has 1 rings (SSSR count). The van der Waals surface area contributed by atoms with Crippen LogP contribution in [0.15, 0.2) is 12.3 Å². The number of carbonyl (C=O) groups is 1. The zero-order chi connectivity index (χ0) is 16.4. The highest BCUT2D eigenvalue weighted by atomic mass is 19.4. The molecule has 0 spiro atoms. The molecule has 0 radical (unpaired) electrons. The first kappa shape index (κ1) is 17.4. The zero-order valence-electron chi connectivity index (χ0n) is 12.4. The van der Waals surface area contributed by atoms with Gasteiger partial charge in [-0.05, 0) is 39.3 Å². The number of rotatable bonds is 4. The average molecular weight is 304 g/mol. The van der Waals surface area contributed by atoms with Gasteiger partial charge in [-0.2, -0.15) is 13.2 Å². The van der Waals surface area contributed by atoms with E-state index in [1.807, 2.05) is 27.7 Å². The SMILES string of the molecule is CC(C)N(C(=O)c1cnc(C(F)(F)F)cc1CO)C(C)C. The third kappa shape index (κ3) is 3.93. The van der Waals surface area contributed by atoms with E-state index in [4.69, 9.17) is 0 Å². The molecule has 0 unspecified atom stereocenters. The highest BCUT2D eigenvalue weighted by molar-refractivity contribution is 5.95. The van der Waals surface area contributed by atoms with Crippen LogP contribution in [0.5, 0.6) is 0 Å². The molecule has 1 amide bonds. The second-order valence-electron chi connectivity index (χ2n) is 5.28. The Morgan fingerprint density at radius 1 is 1.29 bits per heavy atom. The van der Waals surface area contributed by atoms with Crippen molar-refractivity contribution in [2.24, 2.45) is 0 Å².